The number of anilines is 2. The first-order valence-corrected chi connectivity index (χ1v) is 10.5. The maximum Gasteiger partial charge on any atom is 0.422 e. The van der Waals surface area contributed by atoms with E-state index in [1.807, 2.05) is 0 Å². The Balaban J connectivity index is 2.16. The average molecular weight is 486 g/mol. The third-order valence-electron chi connectivity index (χ3n) is 4.42. The van der Waals surface area contributed by atoms with E-state index >= 15 is 0 Å². The lowest BCUT2D eigenvalue weighted by molar-refractivity contribution is -0.153. The molecule has 13 heteroatoms. The van der Waals surface area contributed by atoms with Crippen LogP contribution in [0.15, 0.2) is 35.5 Å². The lowest BCUT2D eigenvalue weighted by Crippen LogP contribution is -2.19. The summed E-state index contributed by atoms with van der Waals surface area (Å²) in [6, 6.07) is 5.70. The predicted octanol–water partition coefficient (Wildman–Crippen LogP) is 3.58. The molecule has 0 aliphatic heterocycles. The van der Waals surface area contributed by atoms with Gasteiger partial charge in [-0.2, -0.15) is 13.2 Å². The van der Waals surface area contributed by atoms with Crippen molar-refractivity contribution in [2.45, 2.75) is 11.1 Å². The Morgan fingerprint density at radius 1 is 1.00 bits per heavy atom. The number of methoxy groups -OCH3 is 3. The largest absolute Gasteiger partial charge is 0.493 e. The molecule has 0 amide bonds. The third kappa shape index (κ3) is 5.37. The molecule has 2 N–H and O–H groups in total. The minimum atomic E-state index is -4.54. The van der Waals surface area contributed by atoms with Gasteiger partial charge in [0.1, 0.15) is 28.9 Å². The summed E-state index contributed by atoms with van der Waals surface area (Å²) in [4.78, 5) is 8.75. The molecule has 0 saturated heterocycles. The summed E-state index contributed by atoms with van der Waals surface area (Å²) < 4.78 is 74.2. The van der Waals surface area contributed by atoms with E-state index in [1.165, 1.54) is 52.9 Å². The van der Waals surface area contributed by atoms with Crippen LogP contribution in [-0.4, -0.2) is 55.3 Å². The molecule has 0 aliphatic carbocycles. The van der Waals surface area contributed by atoms with Crippen molar-refractivity contribution in [1.29, 1.82) is 0 Å². The molecule has 1 aromatic heterocycles. The minimum absolute atomic E-state index is 0.109. The first-order valence-electron chi connectivity index (χ1n) is 9.35. The van der Waals surface area contributed by atoms with E-state index in [9.17, 15) is 17.4 Å². The Morgan fingerprint density at radius 2 is 1.73 bits per heavy atom. The molecular weight excluding hydrogens is 465 g/mol. The van der Waals surface area contributed by atoms with E-state index in [1.54, 1.807) is 6.07 Å². The molecule has 0 fully saturated rings. The fourth-order valence-electron chi connectivity index (χ4n) is 3.04. The van der Waals surface area contributed by atoms with Crippen molar-refractivity contribution >= 4 is 33.4 Å². The van der Waals surface area contributed by atoms with Crippen molar-refractivity contribution in [3.05, 3.63) is 30.6 Å². The molecule has 0 bridgehead atoms. The maximum atomic E-state index is 12.8. The Morgan fingerprint density at radius 3 is 2.33 bits per heavy atom. The molecule has 178 valence electrons. The highest BCUT2D eigenvalue weighted by atomic mass is 32.2. The standard InChI is InChI=1S/C20H21F3N4O5S/c1-24-33(28)11-5-6-14(32-9-20(21,22)23)12(7-11)27-19-16-13(25-10-26-19)8-15(29-2)17(30-3)18(16)31-4/h5-8,10,24H,9H2,1-4H3,(H,25,26,27). The zero-order valence-electron chi connectivity index (χ0n) is 18.1. The van der Waals surface area contributed by atoms with E-state index in [-0.39, 0.29) is 28.8 Å². The SMILES string of the molecule is CNS(=O)c1ccc(OCC(F)(F)F)c(Nc2ncnc3cc(OC)c(OC)c(OC)c23)c1. The number of nitrogens with zero attached hydrogens (tertiary/aromatic N) is 2. The highest BCUT2D eigenvalue weighted by Gasteiger charge is 2.29. The van der Waals surface area contributed by atoms with Crippen molar-refractivity contribution in [3.63, 3.8) is 0 Å². The molecule has 1 atom stereocenters. The van der Waals surface area contributed by atoms with Crippen LogP contribution < -0.4 is 29.0 Å². The zero-order chi connectivity index (χ0) is 24.2. The monoisotopic (exact) mass is 486 g/mol. The van der Waals surface area contributed by atoms with Crippen molar-refractivity contribution in [2.75, 3.05) is 40.3 Å². The Labute approximate surface area is 189 Å². The number of benzene rings is 2. The first-order chi connectivity index (χ1) is 15.7. The summed E-state index contributed by atoms with van der Waals surface area (Å²) in [7, 11) is 4.21. The molecule has 0 spiro atoms. The number of aromatic nitrogens is 2. The molecule has 3 aromatic rings. The van der Waals surface area contributed by atoms with Gasteiger partial charge in [-0.25, -0.2) is 18.9 Å². The maximum absolute atomic E-state index is 12.8. The van der Waals surface area contributed by atoms with E-state index in [2.05, 4.69) is 20.0 Å². The van der Waals surface area contributed by atoms with Gasteiger partial charge in [0.25, 0.3) is 0 Å². The van der Waals surface area contributed by atoms with Gasteiger partial charge in [-0.05, 0) is 25.2 Å². The molecule has 3 rings (SSSR count). The number of nitrogens with one attached hydrogen (secondary N) is 2. The molecule has 1 unspecified atom stereocenters. The summed E-state index contributed by atoms with van der Waals surface area (Å²) in [6.45, 7) is -1.50. The molecule has 0 aliphatic rings. The van der Waals surface area contributed by atoms with Crippen LogP contribution in [0.3, 0.4) is 0 Å². The van der Waals surface area contributed by atoms with E-state index in [0.717, 1.165) is 0 Å². The zero-order valence-corrected chi connectivity index (χ0v) is 18.9. The predicted molar refractivity (Wildman–Crippen MR) is 116 cm³/mol. The van der Waals surface area contributed by atoms with Crippen LogP contribution in [0.2, 0.25) is 0 Å². The van der Waals surface area contributed by atoms with Gasteiger partial charge in [0.2, 0.25) is 5.75 Å². The molecule has 2 aromatic carbocycles. The molecular formula is C20H21F3N4O5S. The van der Waals surface area contributed by atoms with Crippen LogP contribution in [0.25, 0.3) is 10.9 Å². The van der Waals surface area contributed by atoms with Crippen LogP contribution in [-0.2, 0) is 11.0 Å². The van der Waals surface area contributed by atoms with E-state index in [4.69, 9.17) is 18.9 Å². The number of hydrogen-bond acceptors (Lipinski definition) is 8. The van der Waals surface area contributed by atoms with Gasteiger partial charge >= 0.3 is 6.18 Å². The second-order valence-corrected chi connectivity index (χ2v) is 7.84. The number of fused-ring (bicyclic) bond motifs is 1. The number of rotatable bonds is 9. The Kier molecular flexibility index (Phi) is 7.43. The van der Waals surface area contributed by atoms with Crippen LogP contribution in [0.5, 0.6) is 23.0 Å². The minimum Gasteiger partial charge on any atom is -0.493 e. The summed E-state index contributed by atoms with van der Waals surface area (Å²) in [5, 5.41) is 3.34. The van der Waals surface area contributed by atoms with Gasteiger partial charge in [-0.1, -0.05) is 0 Å². The van der Waals surface area contributed by atoms with Crippen molar-refractivity contribution in [3.8, 4) is 23.0 Å². The van der Waals surface area contributed by atoms with Gasteiger partial charge in [-0.15, -0.1) is 0 Å². The summed E-state index contributed by atoms with van der Waals surface area (Å²) in [6.07, 6.45) is -3.28. The Bertz CT molecular complexity index is 1180. The van der Waals surface area contributed by atoms with Gasteiger partial charge < -0.3 is 24.3 Å². The number of hydrogen-bond donors (Lipinski definition) is 2. The second-order valence-electron chi connectivity index (χ2n) is 6.42. The molecule has 9 nitrogen and oxygen atoms in total. The van der Waals surface area contributed by atoms with E-state index < -0.39 is 23.8 Å². The quantitative estimate of drug-likeness (QED) is 0.473. The van der Waals surface area contributed by atoms with Crippen LogP contribution in [0.1, 0.15) is 0 Å². The second kappa shape index (κ2) is 10.1. The number of alkyl halides is 3. The first kappa shape index (κ1) is 24.3. The van der Waals surface area contributed by atoms with Crippen molar-refractivity contribution in [1.82, 2.24) is 14.7 Å². The highest BCUT2D eigenvalue weighted by molar-refractivity contribution is 7.83. The average Bonchev–Trinajstić information content (AvgIpc) is 2.80. The molecule has 33 heavy (non-hydrogen) atoms. The molecule has 0 radical (unpaired) electrons. The van der Waals surface area contributed by atoms with Gasteiger partial charge in [0.15, 0.2) is 18.1 Å². The van der Waals surface area contributed by atoms with Crippen LogP contribution in [0, 0.1) is 0 Å². The molecule has 0 saturated carbocycles. The summed E-state index contributed by atoms with van der Waals surface area (Å²) in [5.41, 5.74) is 0.534. The van der Waals surface area contributed by atoms with E-state index in [0.29, 0.717) is 21.5 Å². The summed E-state index contributed by atoms with van der Waals surface area (Å²) in [5.74, 6) is 0.983. The Hall–Kier alpha value is -3.32. The summed E-state index contributed by atoms with van der Waals surface area (Å²) >= 11 is 0. The van der Waals surface area contributed by atoms with Gasteiger partial charge in [0, 0.05) is 6.07 Å². The number of ether oxygens (including phenoxy) is 4. The van der Waals surface area contributed by atoms with Crippen LogP contribution in [0.4, 0.5) is 24.7 Å². The van der Waals surface area contributed by atoms with Crippen molar-refractivity contribution < 1.29 is 36.3 Å². The van der Waals surface area contributed by atoms with Gasteiger partial charge in [0.05, 0.1) is 42.8 Å². The van der Waals surface area contributed by atoms with Gasteiger partial charge in [-0.3, -0.25) is 0 Å². The normalized spacial score (nSPS) is 12.3. The smallest absolute Gasteiger partial charge is 0.422 e. The third-order valence-corrected chi connectivity index (χ3v) is 5.48. The topological polar surface area (TPSA) is 104 Å². The lowest BCUT2D eigenvalue weighted by atomic mass is 10.1. The fraction of sp³-hybridized carbons (Fsp3) is 0.300. The molecule has 1 heterocycles. The fourth-order valence-corrected chi connectivity index (χ4v) is 3.69. The number of halogens is 3. The lowest BCUT2D eigenvalue weighted by Gasteiger charge is -2.18. The van der Waals surface area contributed by atoms with Crippen molar-refractivity contribution in [2.24, 2.45) is 0 Å². The highest BCUT2D eigenvalue weighted by Crippen LogP contribution is 2.45. The van der Waals surface area contributed by atoms with Crippen LogP contribution >= 0.6 is 0 Å².